The highest BCUT2D eigenvalue weighted by Crippen LogP contribution is 2.32. The van der Waals surface area contributed by atoms with Crippen LogP contribution in [0.5, 0.6) is 0 Å². The minimum atomic E-state index is -2.45. The van der Waals surface area contributed by atoms with E-state index in [4.69, 9.17) is 11.6 Å². The lowest BCUT2D eigenvalue weighted by atomic mass is 9.84. The first kappa shape index (κ1) is 29.4. The minimum Gasteiger partial charge on any atom is -0.366 e. The fraction of sp³-hybridized carbons (Fsp3) is 0.438. The van der Waals surface area contributed by atoms with Crippen LogP contribution in [-0.2, 0) is 15.9 Å². The molecule has 3 aromatic rings. The van der Waals surface area contributed by atoms with E-state index in [-0.39, 0.29) is 5.91 Å². The number of carbonyl (C=O) groups excluding carboxylic acids is 1. The summed E-state index contributed by atoms with van der Waals surface area (Å²) < 4.78 is 12.7. The summed E-state index contributed by atoms with van der Waals surface area (Å²) in [6, 6.07) is 9.76. The van der Waals surface area contributed by atoms with E-state index in [1.54, 1.807) is 18.6 Å². The summed E-state index contributed by atoms with van der Waals surface area (Å²) in [5.41, 5.74) is 6.41. The molecule has 0 N–H and O–H groups in total. The van der Waals surface area contributed by atoms with Crippen molar-refractivity contribution in [2.75, 3.05) is 55.3 Å². The van der Waals surface area contributed by atoms with E-state index in [0.717, 1.165) is 60.5 Å². The Labute approximate surface area is 249 Å². The first-order valence-corrected chi connectivity index (χ1v) is 16.8. The normalized spacial score (nSPS) is 17.9. The van der Waals surface area contributed by atoms with Gasteiger partial charge >= 0.3 is 0 Å². The molecular weight excluding hydrogens is 554 g/mol. The third kappa shape index (κ3) is 6.24. The van der Waals surface area contributed by atoms with Gasteiger partial charge in [-0.25, -0.2) is 9.97 Å². The molecule has 2 fully saturated rings. The topological polar surface area (TPSA) is 69.6 Å². The Bertz CT molecular complexity index is 1540. The van der Waals surface area contributed by atoms with Gasteiger partial charge in [0.1, 0.15) is 10.8 Å². The average molecular weight is 594 g/mol. The lowest BCUT2D eigenvalue weighted by Gasteiger charge is -2.37. The maximum absolute atomic E-state index is 13.9. The first-order chi connectivity index (χ1) is 19.5. The number of anilines is 2. The molecule has 1 atom stereocenters. The second-order valence-electron chi connectivity index (χ2n) is 11.5. The minimum absolute atomic E-state index is 0.100. The Morgan fingerprint density at radius 2 is 1.63 bits per heavy atom. The predicted molar refractivity (Wildman–Crippen MR) is 170 cm³/mol. The maximum atomic E-state index is 13.9. The van der Waals surface area contributed by atoms with Gasteiger partial charge in [0.25, 0.3) is 5.91 Å². The number of halogens is 1. The van der Waals surface area contributed by atoms with Crippen LogP contribution in [0.3, 0.4) is 0 Å². The molecule has 0 spiro atoms. The molecule has 2 saturated heterocycles. The highest BCUT2D eigenvalue weighted by Gasteiger charge is 2.29. The predicted octanol–water partition coefficient (Wildman–Crippen LogP) is 5.18. The van der Waals surface area contributed by atoms with E-state index < -0.39 is 9.52 Å². The Morgan fingerprint density at radius 3 is 2.29 bits per heavy atom. The van der Waals surface area contributed by atoms with Crippen LogP contribution < -0.4 is 9.80 Å². The van der Waals surface area contributed by atoms with Crippen molar-refractivity contribution >= 4 is 44.4 Å². The highest BCUT2D eigenvalue weighted by molar-refractivity contribution is 7.99. The summed E-state index contributed by atoms with van der Waals surface area (Å²) in [6.45, 7) is 10.7. The van der Waals surface area contributed by atoms with E-state index in [1.807, 2.05) is 29.2 Å². The van der Waals surface area contributed by atoms with Crippen molar-refractivity contribution in [3.8, 4) is 0 Å². The van der Waals surface area contributed by atoms with Crippen molar-refractivity contribution in [3.05, 3.63) is 75.6 Å². The standard InChI is InChI=1S/C32H40ClN5O2S/c1-22-20-23(2)29(24(3)26(22)21-25-10-14-37(15-11-25)30-27(33)8-6-12-34-30)32(39)38-18-16-36(17-19-38)28-9-7-13-35-31(28)41(4,5)40/h6-9,12-13,20,25H,4,10-11,14-19,21H2,1-3,5H3. The lowest BCUT2D eigenvalue weighted by molar-refractivity contribution is 0.0745. The van der Waals surface area contributed by atoms with Crippen molar-refractivity contribution in [2.24, 2.45) is 5.92 Å². The maximum Gasteiger partial charge on any atom is 0.254 e. The van der Waals surface area contributed by atoms with Gasteiger partial charge in [-0.15, -0.1) is 0 Å². The van der Waals surface area contributed by atoms with Crippen LogP contribution in [-0.4, -0.2) is 76.4 Å². The number of carbonyl (C=O) groups is 1. The molecule has 1 unspecified atom stereocenters. The van der Waals surface area contributed by atoms with Crippen LogP contribution in [0.2, 0.25) is 5.02 Å². The summed E-state index contributed by atoms with van der Waals surface area (Å²) in [5.74, 6) is 5.37. The molecule has 41 heavy (non-hydrogen) atoms. The fourth-order valence-electron chi connectivity index (χ4n) is 6.38. The fourth-order valence-corrected chi connectivity index (χ4v) is 7.55. The number of aromatic nitrogens is 2. The molecule has 0 aliphatic carbocycles. The molecule has 0 radical (unpaired) electrons. The van der Waals surface area contributed by atoms with E-state index in [0.29, 0.717) is 42.1 Å². The van der Waals surface area contributed by atoms with Gasteiger partial charge in [0.15, 0.2) is 0 Å². The molecule has 1 aromatic carbocycles. The zero-order chi connectivity index (χ0) is 29.3. The van der Waals surface area contributed by atoms with E-state index in [1.165, 1.54) is 11.1 Å². The third-order valence-electron chi connectivity index (χ3n) is 8.56. The van der Waals surface area contributed by atoms with Gasteiger partial charge in [0.05, 0.1) is 10.7 Å². The molecule has 0 saturated carbocycles. The number of rotatable bonds is 6. The zero-order valence-corrected chi connectivity index (χ0v) is 26.1. The number of nitrogens with zero attached hydrogens (tertiary/aromatic N) is 5. The van der Waals surface area contributed by atoms with Crippen molar-refractivity contribution in [1.82, 2.24) is 14.9 Å². The molecule has 7 nitrogen and oxygen atoms in total. The smallest absolute Gasteiger partial charge is 0.254 e. The molecule has 0 bridgehead atoms. The Morgan fingerprint density at radius 1 is 0.976 bits per heavy atom. The van der Waals surface area contributed by atoms with Crippen molar-refractivity contribution in [2.45, 2.75) is 45.1 Å². The van der Waals surface area contributed by atoms with E-state index in [9.17, 15) is 9.00 Å². The largest absolute Gasteiger partial charge is 0.366 e. The molecule has 218 valence electrons. The number of hydrogen-bond acceptors (Lipinski definition) is 6. The van der Waals surface area contributed by atoms with E-state index >= 15 is 0 Å². The van der Waals surface area contributed by atoms with Gasteiger partial charge in [0, 0.05) is 73.0 Å². The van der Waals surface area contributed by atoms with Gasteiger partial charge in [-0.05, 0) is 98.3 Å². The van der Waals surface area contributed by atoms with Crippen molar-refractivity contribution in [3.63, 3.8) is 0 Å². The van der Waals surface area contributed by atoms with Gasteiger partial charge in [0.2, 0.25) is 0 Å². The second kappa shape index (κ2) is 12.0. The van der Waals surface area contributed by atoms with Gasteiger partial charge in [-0.3, -0.25) is 9.00 Å². The summed E-state index contributed by atoms with van der Waals surface area (Å²) in [7, 11) is -2.45. The summed E-state index contributed by atoms with van der Waals surface area (Å²) >= 11 is 6.40. The summed E-state index contributed by atoms with van der Waals surface area (Å²) in [6.07, 6.45) is 8.19. The number of hydrogen-bond donors (Lipinski definition) is 0. The number of aryl methyl sites for hydroxylation is 2. The van der Waals surface area contributed by atoms with Crippen LogP contribution in [0, 0.1) is 26.7 Å². The Balaban J connectivity index is 1.27. The third-order valence-corrected chi connectivity index (χ3v) is 9.99. The van der Waals surface area contributed by atoms with Crippen LogP contribution in [0.15, 0.2) is 47.8 Å². The van der Waals surface area contributed by atoms with E-state index in [2.05, 4.69) is 52.5 Å². The first-order valence-electron chi connectivity index (χ1n) is 14.3. The summed E-state index contributed by atoms with van der Waals surface area (Å²) in [5, 5.41) is 1.23. The van der Waals surface area contributed by atoms with Gasteiger partial charge in [-0.1, -0.05) is 17.7 Å². The Hall–Kier alpha value is -3.10. The number of piperazine rings is 1. The molecule has 2 aliphatic heterocycles. The lowest BCUT2D eigenvalue weighted by Crippen LogP contribution is -2.49. The van der Waals surface area contributed by atoms with Crippen molar-refractivity contribution < 1.29 is 9.00 Å². The average Bonchev–Trinajstić information content (AvgIpc) is 2.95. The van der Waals surface area contributed by atoms with Crippen LogP contribution in [0.25, 0.3) is 0 Å². The molecule has 1 amide bonds. The Kier molecular flexibility index (Phi) is 8.62. The summed E-state index contributed by atoms with van der Waals surface area (Å²) in [4.78, 5) is 29.2. The monoisotopic (exact) mass is 593 g/mol. The van der Waals surface area contributed by atoms with Gasteiger partial charge in [-0.2, -0.15) is 0 Å². The molecule has 5 rings (SSSR count). The molecule has 4 heterocycles. The second-order valence-corrected chi connectivity index (χ2v) is 14.3. The number of pyridine rings is 2. The van der Waals surface area contributed by atoms with Crippen LogP contribution >= 0.6 is 11.6 Å². The van der Waals surface area contributed by atoms with Gasteiger partial charge < -0.3 is 14.7 Å². The number of benzene rings is 1. The molecule has 2 aromatic heterocycles. The molecule has 2 aliphatic rings. The van der Waals surface area contributed by atoms with Crippen molar-refractivity contribution in [1.29, 1.82) is 0 Å². The number of piperidine rings is 1. The SMILES string of the molecule is C=S(C)(=O)c1ncccc1N1CCN(C(=O)c2c(C)cc(C)c(CC3CCN(c4ncccc4Cl)CC3)c2C)CC1. The molecular formula is C32H40ClN5O2S. The number of amides is 1. The zero-order valence-electron chi connectivity index (χ0n) is 24.5. The molecule has 9 heteroatoms. The quantitative estimate of drug-likeness (QED) is 0.367. The van der Waals surface area contributed by atoms with Crippen LogP contribution in [0.4, 0.5) is 11.5 Å². The van der Waals surface area contributed by atoms with Crippen LogP contribution in [0.1, 0.15) is 45.5 Å². The highest BCUT2D eigenvalue weighted by atomic mass is 35.5.